The average Bonchev–Trinajstić information content (AvgIpc) is 3.39. The van der Waals surface area contributed by atoms with Crippen LogP contribution in [0.1, 0.15) is 44.4 Å². The molecule has 0 bridgehead atoms. The van der Waals surface area contributed by atoms with Gasteiger partial charge >= 0.3 is 0 Å². The third-order valence-electron chi connectivity index (χ3n) is 5.48. The van der Waals surface area contributed by atoms with E-state index in [-0.39, 0.29) is 5.91 Å². The topological polar surface area (TPSA) is 82.6 Å². The number of amides is 1. The Morgan fingerprint density at radius 1 is 0.969 bits per heavy atom. The Hall–Kier alpha value is -3.20. The molecule has 0 radical (unpaired) electrons. The molecular formula is C23H26BrN7O. The van der Waals surface area contributed by atoms with Gasteiger partial charge < -0.3 is 5.32 Å². The predicted molar refractivity (Wildman–Crippen MR) is 127 cm³/mol. The molecule has 0 aliphatic heterocycles. The lowest BCUT2D eigenvalue weighted by atomic mass is 10.1. The second kappa shape index (κ2) is 8.74. The smallest absolute Gasteiger partial charge is 0.276 e. The molecule has 9 heteroatoms. The molecule has 0 aliphatic carbocycles. The van der Waals surface area contributed by atoms with Gasteiger partial charge in [0, 0.05) is 6.20 Å². The van der Waals surface area contributed by atoms with Crippen LogP contribution < -0.4 is 5.32 Å². The van der Waals surface area contributed by atoms with Gasteiger partial charge in [-0.25, -0.2) is 4.68 Å². The molecule has 3 heterocycles. The zero-order chi connectivity index (χ0) is 23.0. The normalized spacial score (nSPS) is 11.2. The van der Waals surface area contributed by atoms with Gasteiger partial charge in [0.15, 0.2) is 5.69 Å². The first kappa shape index (κ1) is 22.0. The van der Waals surface area contributed by atoms with Crippen LogP contribution in [0.15, 0.2) is 41.0 Å². The number of aromatic nitrogens is 6. The summed E-state index contributed by atoms with van der Waals surface area (Å²) in [5, 5.41) is 16.5. The predicted octanol–water partition coefficient (Wildman–Crippen LogP) is 4.39. The molecule has 0 unspecified atom stereocenters. The molecule has 0 aliphatic rings. The van der Waals surface area contributed by atoms with Crippen LogP contribution in [0.5, 0.6) is 0 Å². The van der Waals surface area contributed by atoms with Crippen molar-refractivity contribution in [3.63, 3.8) is 0 Å². The Bertz CT molecular complexity index is 1300. The van der Waals surface area contributed by atoms with Gasteiger partial charge in [0.05, 0.1) is 39.5 Å². The first-order valence-corrected chi connectivity index (χ1v) is 11.2. The highest BCUT2D eigenvalue weighted by Crippen LogP contribution is 2.22. The molecule has 0 atom stereocenters. The zero-order valence-corrected chi connectivity index (χ0v) is 20.4. The number of rotatable bonds is 6. The minimum atomic E-state index is -0.264. The third kappa shape index (κ3) is 4.38. The lowest BCUT2D eigenvalue weighted by molar-refractivity contribution is 0.102. The van der Waals surface area contributed by atoms with Crippen molar-refractivity contribution in [2.75, 3.05) is 5.32 Å². The molecule has 0 spiro atoms. The van der Waals surface area contributed by atoms with Crippen molar-refractivity contribution in [1.82, 2.24) is 29.3 Å². The van der Waals surface area contributed by atoms with E-state index >= 15 is 0 Å². The van der Waals surface area contributed by atoms with Crippen LogP contribution in [-0.2, 0) is 13.2 Å². The van der Waals surface area contributed by atoms with Gasteiger partial charge in [-0.05, 0) is 62.2 Å². The molecule has 32 heavy (non-hydrogen) atoms. The minimum Gasteiger partial charge on any atom is -0.317 e. The number of hydrogen-bond acceptors (Lipinski definition) is 4. The van der Waals surface area contributed by atoms with E-state index in [0.717, 1.165) is 32.9 Å². The Labute approximate surface area is 195 Å². The fourth-order valence-electron chi connectivity index (χ4n) is 3.70. The first-order chi connectivity index (χ1) is 15.2. The SMILES string of the molecule is Cc1cccc(Cn2nc(C)c(NC(=O)c3ccn(Cn4nc(C)c(Br)c4C)n3)c2C)c1. The number of anilines is 1. The van der Waals surface area contributed by atoms with Crippen molar-refractivity contribution < 1.29 is 4.79 Å². The van der Waals surface area contributed by atoms with E-state index in [0.29, 0.717) is 18.9 Å². The maximum atomic E-state index is 12.9. The molecule has 3 aromatic heterocycles. The van der Waals surface area contributed by atoms with Crippen LogP contribution in [0, 0.1) is 34.6 Å². The zero-order valence-electron chi connectivity index (χ0n) is 18.8. The standard InChI is InChI=1S/C23H26BrN7O/c1-14-7-6-8-19(11-14)12-30-18(5)22(16(3)27-30)25-23(32)20-9-10-29(28-20)13-31-17(4)21(24)15(2)26-31/h6-11H,12-13H2,1-5H3,(H,25,32). The number of carbonyl (C=O) groups excluding carboxylic acids is 1. The van der Waals surface area contributed by atoms with Crippen LogP contribution in [0.4, 0.5) is 5.69 Å². The largest absolute Gasteiger partial charge is 0.317 e. The van der Waals surface area contributed by atoms with Crippen molar-refractivity contribution in [2.45, 2.75) is 47.8 Å². The van der Waals surface area contributed by atoms with E-state index < -0.39 is 0 Å². The number of aryl methyl sites for hydroxylation is 3. The lowest BCUT2D eigenvalue weighted by Crippen LogP contribution is -2.16. The summed E-state index contributed by atoms with van der Waals surface area (Å²) in [7, 11) is 0. The van der Waals surface area contributed by atoms with Gasteiger partial charge in [-0.3, -0.25) is 14.2 Å². The Kier molecular flexibility index (Phi) is 6.01. The van der Waals surface area contributed by atoms with E-state index in [1.54, 1.807) is 16.9 Å². The summed E-state index contributed by atoms with van der Waals surface area (Å²) in [6.45, 7) is 10.9. The second-order valence-corrected chi connectivity index (χ2v) is 8.81. The van der Waals surface area contributed by atoms with E-state index in [1.807, 2.05) is 43.1 Å². The molecule has 4 rings (SSSR count). The lowest BCUT2D eigenvalue weighted by Gasteiger charge is -2.07. The first-order valence-electron chi connectivity index (χ1n) is 10.4. The number of hydrogen-bond donors (Lipinski definition) is 1. The maximum Gasteiger partial charge on any atom is 0.276 e. The number of carbonyl (C=O) groups is 1. The van der Waals surface area contributed by atoms with Crippen molar-refractivity contribution in [3.05, 3.63) is 80.6 Å². The molecule has 8 nitrogen and oxygen atoms in total. The Morgan fingerprint density at radius 2 is 1.72 bits per heavy atom. The van der Waals surface area contributed by atoms with Crippen molar-refractivity contribution in [2.24, 2.45) is 0 Å². The van der Waals surface area contributed by atoms with Gasteiger partial charge in [0.1, 0.15) is 6.67 Å². The maximum absolute atomic E-state index is 12.9. The summed E-state index contributed by atoms with van der Waals surface area (Å²) in [5.41, 5.74) is 7.05. The molecular weight excluding hydrogens is 470 g/mol. The van der Waals surface area contributed by atoms with Gasteiger partial charge in [0.25, 0.3) is 5.91 Å². The molecule has 4 aromatic rings. The van der Waals surface area contributed by atoms with Crippen LogP contribution in [0.2, 0.25) is 0 Å². The highest BCUT2D eigenvalue weighted by Gasteiger charge is 2.18. The molecule has 1 N–H and O–H groups in total. The minimum absolute atomic E-state index is 0.264. The van der Waals surface area contributed by atoms with E-state index in [9.17, 15) is 4.79 Å². The quantitative estimate of drug-likeness (QED) is 0.430. The van der Waals surface area contributed by atoms with Gasteiger partial charge in [-0.1, -0.05) is 29.8 Å². The Balaban J connectivity index is 1.48. The summed E-state index contributed by atoms with van der Waals surface area (Å²) in [5.74, 6) is -0.264. The van der Waals surface area contributed by atoms with Crippen LogP contribution in [0.25, 0.3) is 0 Å². The van der Waals surface area contributed by atoms with E-state index in [2.05, 4.69) is 61.7 Å². The monoisotopic (exact) mass is 495 g/mol. The van der Waals surface area contributed by atoms with Crippen molar-refractivity contribution >= 4 is 27.5 Å². The highest BCUT2D eigenvalue weighted by atomic mass is 79.9. The molecule has 0 saturated carbocycles. The summed E-state index contributed by atoms with van der Waals surface area (Å²) in [6, 6.07) is 10.0. The molecule has 1 aromatic carbocycles. The number of nitrogens with one attached hydrogen (secondary N) is 1. The fraction of sp³-hybridized carbons (Fsp3) is 0.304. The molecule has 0 fully saturated rings. The molecule has 0 saturated heterocycles. The van der Waals surface area contributed by atoms with Crippen molar-refractivity contribution in [1.29, 1.82) is 0 Å². The molecule has 166 valence electrons. The van der Waals surface area contributed by atoms with Crippen molar-refractivity contribution in [3.8, 4) is 0 Å². The summed E-state index contributed by atoms with van der Waals surface area (Å²) in [4.78, 5) is 12.9. The van der Waals surface area contributed by atoms with Crippen LogP contribution >= 0.6 is 15.9 Å². The number of benzene rings is 1. The summed E-state index contributed by atoms with van der Waals surface area (Å²) >= 11 is 3.53. The van der Waals surface area contributed by atoms with Gasteiger partial charge in [-0.15, -0.1) is 0 Å². The summed E-state index contributed by atoms with van der Waals surface area (Å²) in [6.07, 6.45) is 1.78. The van der Waals surface area contributed by atoms with E-state index in [4.69, 9.17) is 0 Å². The van der Waals surface area contributed by atoms with Gasteiger partial charge in [-0.2, -0.15) is 15.3 Å². The second-order valence-electron chi connectivity index (χ2n) is 8.01. The fourth-order valence-corrected chi connectivity index (χ4v) is 3.99. The third-order valence-corrected chi connectivity index (χ3v) is 6.63. The number of halogens is 1. The van der Waals surface area contributed by atoms with Crippen LogP contribution in [-0.4, -0.2) is 35.2 Å². The average molecular weight is 496 g/mol. The van der Waals surface area contributed by atoms with Gasteiger partial charge in [0.2, 0.25) is 0 Å². The van der Waals surface area contributed by atoms with Crippen LogP contribution in [0.3, 0.4) is 0 Å². The van der Waals surface area contributed by atoms with E-state index in [1.165, 1.54) is 11.1 Å². The highest BCUT2D eigenvalue weighted by molar-refractivity contribution is 9.10. The molecule has 1 amide bonds. The Morgan fingerprint density at radius 3 is 2.41 bits per heavy atom. The number of nitrogens with zero attached hydrogens (tertiary/aromatic N) is 6. The summed E-state index contributed by atoms with van der Waals surface area (Å²) < 4.78 is 6.44.